The summed E-state index contributed by atoms with van der Waals surface area (Å²) in [7, 11) is -2.40. The molecule has 1 aromatic carbocycles. The van der Waals surface area contributed by atoms with Crippen molar-refractivity contribution < 1.29 is 17.9 Å². The molecule has 0 spiro atoms. The molecule has 25 heavy (non-hydrogen) atoms. The molecule has 0 bridgehead atoms. The second-order valence-electron chi connectivity index (χ2n) is 6.27. The molecule has 2 fully saturated rings. The van der Waals surface area contributed by atoms with Gasteiger partial charge in [-0.1, -0.05) is 27.5 Å². The van der Waals surface area contributed by atoms with Crippen LogP contribution in [0, 0.1) is 5.92 Å². The van der Waals surface area contributed by atoms with Crippen LogP contribution in [0.25, 0.3) is 0 Å². The van der Waals surface area contributed by atoms with Gasteiger partial charge in [0, 0.05) is 22.5 Å². The maximum Gasteiger partial charge on any atom is 0.324 e. The number of esters is 1. The van der Waals surface area contributed by atoms with Crippen LogP contribution in [0.15, 0.2) is 27.6 Å². The van der Waals surface area contributed by atoms with Crippen molar-refractivity contribution in [3.63, 3.8) is 0 Å². The lowest BCUT2D eigenvalue weighted by molar-refractivity contribution is -0.144. The third-order valence-corrected chi connectivity index (χ3v) is 7.21. The average molecular weight is 453 g/mol. The highest BCUT2D eigenvalue weighted by Gasteiger charge is 2.44. The summed E-state index contributed by atoms with van der Waals surface area (Å²) in [5.41, 5.74) is 6.05. The lowest BCUT2D eigenvalue weighted by Crippen LogP contribution is -2.46. The Balaban J connectivity index is 1.74. The minimum Gasteiger partial charge on any atom is -0.468 e. The number of hydrazine groups is 1. The largest absolute Gasteiger partial charge is 0.468 e. The average Bonchev–Trinajstić information content (AvgIpc) is 2.96. The molecule has 1 saturated heterocycles. The van der Waals surface area contributed by atoms with Gasteiger partial charge in [-0.3, -0.25) is 10.2 Å². The van der Waals surface area contributed by atoms with Crippen molar-refractivity contribution in [3.05, 3.63) is 27.7 Å². The molecule has 3 N–H and O–H groups in total. The first-order chi connectivity index (χ1) is 11.8. The fourth-order valence-corrected chi connectivity index (χ4v) is 5.82. The van der Waals surface area contributed by atoms with Gasteiger partial charge in [-0.15, -0.1) is 0 Å². The number of hydrogen-bond donors (Lipinski definition) is 3. The molecular formula is C15H19BrClN3O4S. The number of methoxy groups -OCH3 is 1. The van der Waals surface area contributed by atoms with E-state index in [0.717, 1.165) is 6.42 Å². The number of rotatable bonds is 4. The van der Waals surface area contributed by atoms with Crippen molar-refractivity contribution in [2.45, 2.75) is 42.3 Å². The first kappa shape index (κ1) is 19.1. The molecule has 1 aliphatic heterocycles. The zero-order chi connectivity index (χ0) is 18.2. The van der Waals surface area contributed by atoms with Crippen molar-refractivity contribution in [3.8, 4) is 0 Å². The molecule has 0 amide bonds. The van der Waals surface area contributed by atoms with Gasteiger partial charge in [0.05, 0.1) is 12.1 Å². The molecule has 3 rings (SSSR count). The summed E-state index contributed by atoms with van der Waals surface area (Å²) >= 11 is 9.34. The summed E-state index contributed by atoms with van der Waals surface area (Å²) in [6.45, 7) is 0. The first-order valence-corrected chi connectivity index (χ1v) is 10.5. The zero-order valence-electron chi connectivity index (χ0n) is 13.5. The van der Waals surface area contributed by atoms with Gasteiger partial charge in [0.2, 0.25) is 10.0 Å². The Labute approximate surface area is 160 Å². The van der Waals surface area contributed by atoms with E-state index in [2.05, 4.69) is 31.5 Å². The summed E-state index contributed by atoms with van der Waals surface area (Å²) in [5.74, 6) is -0.381. The summed E-state index contributed by atoms with van der Waals surface area (Å²) in [4.78, 5) is 11.9. The Kier molecular flexibility index (Phi) is 5.72. The van der Waals surface area contributed by atoms with Crippen LogP contribution in [0.5, 0.6) is 0 Å². The number of carbonyl (C=O) groups is 1. The predicted octanol–water partition coefficient (Wildman–Crippen LogP) is 1.57. The Morgan fingerprint density at radius 2 is 2.12 bits per heavy atom. The van der Waals surface area contributed by atoms with Crippen LogP contribution in [-0.4, -0.2) is 39.6 Å². The number of carbonyl (C=O) groups excluding carboxylic acids is 1. The van der Waals surface area contributed by atoms with Gasteiger partial charge in [-0.25, -0.2) is 18.6 Å². The summed E-state index contributed by atoms with van der Waals surface area (Å²) in [6.07, 6.45) is 1.97. The number of nitrogens with one attached hydrogen (secondary N) is 3. The Bertz CT molecular complexity index is 776. The van der Waals surface area contributed by atoms with Crippen LogP contribution in [0.2, 0.25) is 5.02 Å². The first-order valence-electron chi connectivity index (χ1n) is 7.88. The molecule has 10 heteroatoms. The van der Waals surface area contributed by atoms with E-state index in [-0.39, 0.29) is 33.9 Å². The van der Waals surface area contributed by atoms with E-state index < -0.39 is 16.1 Å². The van der Waals surface area contributed by atoms with E-state index in [4.69, 9.17) is 16.3 Å². The quantitative estimate of drug-likeness (QED) is 0.600. The van der Waals surface area contributed by atoms with Crippen molar-refractivity contribution in [1.82, 2.24) is 15.6 Å². The van der Waals surface area contributed by atoms with Crippen molar-refractivity contribution in [2.75, 3.05) is 7.11 Å². The molecule has 1 aliphatic carbocycles. The predicted molar refractivity (Wildman–Crippen MR) is 96.5 cm³/mol. The molecule has 7 nitrogen and oxygen atoms in total. The van der Waals surface area contributed by atoms with E-state index in [9.17, 15) is 13.2 Å². The van der Waals surface area contributed by atoms with E-state index >= 15 is 0 Å². The van der Waals surface area contributed by atoms with Crippen LogP contribution < -0.4 is 15.6 Å². The molecule has 1 heterocycles. The molecule has 1 saturated carbocycles. The highest BCUT2D eigenvalue weighted by molar-refractivity contribution is 9.10. The number of hydrogen-bond acceptors (Lipinski definition) is 6. The third kappa shape index (κ3) is 4.01. The van der Waals surface area contributed by atoms with Crippen molar-refractivity contribution >= 4 is 43.5 Å². The number of benzene rings is 1. The van der Waals surface area contributed by atoms with Crippen LogP contribution >= 0.6 is 27.5 Å². The van der Waals surface area contributed by atoms with Crippen LogP contribution in [0.1, 0.15) is 19.3 Å². The standard InChI is InChI=1S/C15H19BrClN3O4S/c1-24-15(21)14-10-7-9(3-4-12(10)18-19-14)20-25(22,23)13-5-2-8(16)6-11(13)17/h2,5-6,9-10,12,14,18-20H,3-4,7H2,1H3. The summed E-state index contributed by atoms with van der Waals surface area (Å²) in [6, 6.07) is 4.04. The molecule has 0 aromatic heterocycles. The number of halogens is 2. The fourth-order valence-electron chi connectivity index (χ4n) is 3.50. The number of sulfonamides is 1. The molecule has 4 atom stereocenters. The third-order valence-electron chi connectivity index (χ3n) is 4.71. The second kappa shape index (κ2) is 7.50. The SMILES string of the molecule is COC(=O)C1NNC2CCC(NS(=O)(=O)c3ccc(Br)cc3Cl)CC21. The highest BCUT2D eigenvalue weighted by Crippen LogP contribution is 2.32. The lowest BCUT2D eigenvalue weighted by atomic mass is 9.79. The van der Waals surface area contributed by atoms with Gasteiger partial charge in [-0.05, 0) is 37.5 Å². The smallest absolute Gasteiger partial charge is 0.324 e. The van der Waals surface area contributed by atoms with Gasteiger partial charge in [0.25, 0.3) is 0 Å². The monoisotopic (exact) mass is 451 g/mol. The summed E-state index contributed by atoms with van der Waals surface area (Å²) in [5, 5.41) is 0.159. The Morgan fingerprint density at radius 3 is 2.80 bits per heavy atom. The second-order valence-corrected chi connectivity index (χ2v) is 9.27. The van der Waals surface area contributed by atoms with Crippen LogP contribution in [-0.2, 0) is 19.6 Å². The minimum atomic E-state index is -3.74. The van der Waals surface area contributed by atoms with E-state index in [0.29, 0.717) is 17.3 Å². The zero-order valence-corrected chi connectivity index (χ0v) is 16.6. The van der Waals surface area contributed by atoms with E-state index in [1.807, 2.05) is 0 Å². The maximum atomic E-state index is 12.7. The highest BCUT2D eigenvalue weighted by atomic mass is 79.9. The summed E-state index contributed by atoms with van der Waals surface area (Å²) < 4.78 is 33.6. The molecular weight excluding hydrogens is 434 g/mol. The van der Waals surface area contributed by atoms with Gasteiger partial charge in [-0.2, -0.15) is 0 Å². The Morgan fingerprint density at radius 1 is 1.36 bits per heavy atom. The maximum absolute atomic E-state index is 12.7. The molecule has 0 radical (unpaired) electrons. The minimum absolute atomic E-state index is 0.0331. The van der Waals surface area contributed by atoms with E-state index in [1.165, 1.54) is 13.2 Å². The normalized spacial score (nSPS) is 29.2. The molecule has 2 aliphatic rings. The van der Waals surface area contributed by atoms with Crippen LogP contribution in [0.4, 0.5) is 0 Å². The van der Waals surface area contributed by atoms with Gasteiger partial charge < -0.3 is 4.74 Å². The van der Waals surface area contributed by atoms with Gasteiger partial charge in [0.15, 0.2) is 0 Å². The van der Waals surface area contributed by atoms with Crippen LogP contribution in [0.3, 0.4) is 0 Å². The van der Waals surface area contributed by atoms with Crippen molar-refractivity contribution in [2.24, 2.45) is 5.92 Å². The van der Waals surface area contributed by atoms with Gasteiger partial charge in [0.1, 0.15) is 10.9 Å². The van der Waals surface area contributed by atoms with E-state index in [1.54, 1.807) is 12.1 Å². The van der Waals surface area contributed by atoms with Crippen molar-refractivity contribution in [1.29, 1.82) is 0 Å². The Hall–Kier alpha value is -0.710. The number of fused-ring (bicyclic) bond motifs is 1. The molecule has 138 valence electrons. The fraction of sp³-hybridized carbons (Fsp3) is 0.533. The molecule has 4 unspecified atom stereocenters. The number of ether oxygens (including phenoxy) is 1. The molecule has 1 aromatic rings. The lowest BCUT2D eigenvalue weighted by Gasteiger charge is -2.32. The van der Waals surface area contributed by atoms with Gasteiger partial charge >= 0.3 is 5.97 Å². The topological polar surface area (TPSA) is 96.5 Å².